The van der Waals surface area contributed by atoms with E-state index < -0.39 is 4.92 Å². The highest BCUT2D eigenvalue weighted by Crippen LogP contribution is 2.33. The van der Waals surface area contributed by atoms with E-state index in [-0.39, 0.29) is 17.3 Å². The molecule has 0 spiro atoms. The lowest BCUT2D eigenvalue weighted by Crippen LogP contribution is -2.10. The van der Waals surface area contributed by atoms with Crippen LogP contribution in [0.3, 0.4) is 0 Å². The number of aromatic nitrogens is 3. The van der Waals surface area contributed by atoms with Gasteiger partial charge in [0.15, 0.2) is 0 Å². The zero-order chi connectivity index (χ0) is 19.2. The fourth-order valence-electron chi connectivity index (χ4n) is 2.67. The molecule has 140 valence electrons. The molecule has 9 nitrogen and oxygen atoms in total. The predicted molar refractivity (Wildman–Crippen MR) is 103 cm³/mol. The Bertz CT molecular complexity index is 963. The fourth-order valence-corrected chi connectivity index (χ4v) is 2.67. The zero-order valence-corrected chi connectivity index (χ0v) is 15.1. The summed E-state index contributed by atoms with van der Waals surface area (Å²) in [6.07, 6.45) is 1.99. The number of aryl methyl sites for hydroxylation is 1. The summed E-state index contributed by atoms with van der Waals surface area (Å²) in [5, 5.41) is 18.6. The number of anilines is 3. The van der Waals surface area contributed by atoms with Gasteiger partial charge in [0, 0.05) is 31.3 Å². The summed E-state index contributed by atoms with van der Waals surface area (Å²) >= 11 is 0. The number of ether oxygens (including phenoxy) is 1. The molecular formula is C18H20N6O3. The minimum atomic E-state index is -0.495. The third kappa shape index (κ3) is 4.26. The van der Waals surface area contributed by atoms with Gasteiger partial charge in [-0.25, -0.2) is 9.97 Å². The number of fused-ring (bicyclic) bond motifs is 1. The Morgan fingerprint density at radius 1 is 1.19 bits per heavy atom. The zero-order valence-electron chi connectivity index (χ0n) is 15.1. The molecule has 9 heteroatoms. The van der Waals surface area contributed by atoms with Gasteiger partial charge in [0.05, 0.1) is 16.1 Å². The van der Waals surface area contributed by atoms with Crippen molar-refractivity contribution >= 4 is 33.9 Å². The maximum Gasteiger partial charge on any atom is 0.353 e. The SMILES string of the molecule is COCCCNc1ncnc(Nc2cccc3ccc(C)nc23)c1[N+](=O)[O-]. The van der Waals surface area contributed by atoms with Crippen molar-refractivity contribution in [2.24, 2.45) is 0 Å². The molecule has 27 heavy (non-hydrogen) atoms. The normalized spacial score (nSPS) is 10.7. The van der Waals surface area contributed by atoms with Gasteiger partial charge in [-0.1, -0.05) is 18.2 Å². The summed E-state index contributed by atoms with van der Waals surface area (Å²) in [5.41, 5.74) is 2.01. The molecule has 0 fully saturated rings. The van der Waals surface area contributed by atoms with Gasteiger partial charge >= 0.3 is 5.69 Å². The molecule has 2 N–H and O–H groups in total. The molecule has 2 heterocycles. The van der Waals surface area contributed by atoms with Crippen LogP contribution in [0.15, 0.2) is 36.7 Å². The number of para-hydroxylation sites is 1. The third-order valence-corrected chi connectivity index (χ3v) is 3.94. The van der Waals surface area contributed by atoms with E-state index in [1.54, 1.807) is 7.11 Å². The molecule has 0 radical (unpaired) electrons. The van der Waals surface area contributed by atoms with Crippen LogP contribution in [0.5, 0.6) is 0 Å². The highest BCUT2D eigenvalue weighted by atomic mass is 16.6. The highest BCUT2D eigenvalue weighted by Gasteiger charge is 2.23. The Morgan fingerprint density at radius 2 is 2.00 bits per heavy atom. The number of methoxy groups -OCH3 is 1. The lowest BCUT2D eigenvalue weighted by atomic mass is 10.1. The Kier molecular flexibility index (Phi) is 5.72. The summed E-state index contributed by atoms with van der Waals surface area (Å²) in [5.74, 6) is 0.276. The number of nitrogens with zero attached hydrogens (tertiary/aromatic N) is 4. The molecule has 0 aliphatic heterocycles. The number of rotatable bonds is 8. The molecule has 1 aromatic carbocycles. The van der Waals surface area contributed by atoms with Crippen LogP contribution in [-0.4, -0.2) is 40.1 Å². The molecule has 0 bridgehead atoms. The van der Waals surface area contributed by atoms with Gasteiger partial charge in [-0.15, -0.1) is 0 Å². The second-order valence-electron chi connectivity index (χ2n) is 5.90. The average Bonchev–Trinajstić information content (AvgIpc) is 2.65. The van der Waals surface area contributed by atoms with Crippen LogP contribution in [0, 0.1) is 17.0 Å². The summed E-state index contributed by atoms with van der Waals surface area (Å²) < 4.78 is 4.98. The van der Waals surface area contributed by atoms with Crippen LogP contribution < -0.4 is 10.6 Å². The maximum atomic E-state index is 11.6. The molecule has 0 unspecified atom stereocenters. The molecular weight excluding hydrogens is 348 g/mol. The first-order valence-electron chi connectivity index (χ1n) is 8.45. The van der Waals surface area contributed by atoms with Gasteiger partial charge < -0.3 is 15.4 Å². The van der Waals surface area contributed by atoms with Gasteiger partial charge in [-0.3, -0.25) is 15.1 Å². The smallest absolute Gasteiger partial charge is 0.353 e. The van der Waals surface area contributed by atoms with Crippen molar-refractivity contribution < 1.29 is 9.66 Å². The van der Waals surface area contributed by atoms with Gasteiger partial charge in [0.25, 0.3) is 0 Å². The third-order valence-electron chi connectivity index (χ3n) is 3.94. The van der Waals surface area contributed by atoms with Gasteiger partial charge in [-0.05, 0) is 25.5 Å². The first-order chi connectivity index (χ1) is 13.1. The number of hydrogen-bond acceptors (Lipinski definition) is 8. The second-order valence-corrected chi connectivity index (χ2v) is 5.90. The van der Waals surface area contributed by atoms with Crippen molar-refractivity contribution in [3.8, 4) is 0 Å². The molecule has 0 saturated heterocycles. The quantitative estimate of drug-likeness (QED) is 0.353. The van der Waals surface area contributed by atoms with E-state index in [1.807, 2.05) is 37.3 Å². The maximum absolute atomic E-state index is 11.6. The molecule has 0 aliphatic carbocycles. The number of nitro groups is 1. The first kappa shape index (κ1) is 18.5. The highest BCUT2D eigenvalue weighted by molar-refractivity contribution is 5.93. The summed E-state index contributed by atoms with van der Waals surface area (Å²) in [6, 6.07) is 9.48. The van der Waals surface area contributed by atoms with Gasteiger partial charge in [0.1, 0.15) is 6.33 Å². The van der Waals surface area contributed by atoms with Gasteiger partial charge in [-0.2, -0.15) is 0 Å². The summed E-state index contributed by atoms with van der Waals surface area (Å²) in [7, 11) is 1.61. The minimum absolute atomic E-state index is 0.111. The molecule has 2 aromatic heterocycles. The number of benzene rings is 1. The van der Waals surface area contributed by atoms with Crippen molar-refractivity contribution in [1.82, 2.24) is 15.0 Å². The largest absolute Gasteiger partial charge is 0.385 e. The number of pyridine rings is 1. The lowest BCUT2D eigenvalue weighted by Gasteiger charge is -2.11. The van der Waals surface area contributed by atoms with Gasteiger partial charge in [0.2, 0.25) is 11.6 Å². The molecule has 0 atom stereocenters. The Hall–Kier alpha value is -3.33. The van der Waals surface area contributed by atoms with E-state index in [1.165, 1.54) is 6.33 Å². The standard InChI is InChI=1S/C18H20N6O3/c1-12-7-8-13-5-3-6-14(15(13)22-12)23-18-16(24(25)26)17(20-11-21-18)19-9-4-10-27-2/h3,5-8,11H,4,9-10H2,1-2H3,(H2,19,20,21,23). The van der Waals surface area contributed by atoms with E-state index in [4.69, 9.17) is 4.74 Å². The predicted octanol–water partition coefficient (Wildman–Crippen LogP) is 3.43. The van der Waals surface area contributed by atoms with Crippen LogP contribution >= 0.6 is 0 Å². The van der Waals surface area contributed by atoms with Crippen molar-refractivity contribution in [1.29, 1.82) is 0 Å². The average molecular weight is 368 g/mol. The van der Waals surface area contributed by atoms with E-state index in [0.717, 1.165) is 16.6 Å². The van der Waals surface area contributed by atoms with Crippen LogP contribution in [0.2, 0.25) is 0 Å². The van der Waals surface area contributed by atoms with E-state index >= 15 is 0 Å². The minimum Gasteiger partial charge on any atom is -0.385 e. The van der Waals surface area contributed by atoms with Crippen LogP contribution in [0.4, 0.5) is 23.0 Å². The summed E-state index contributed by atoms with van der Waals surface area (Å²) in [4.78, 5) is 23.8. The summed E-state index contributed by atoms with van der Waals surface area (Å²) in [6.45, 7) is 2.95. The Morgan fingerprint density at radius 3 is 2.78 bits per heavy atom. The molecule has 0 saturated carbocycles. The first-order valence-corrected chi connectivity index (χ1v) is 8.45. The molecule has 0 amide bonds. The monoisotopic (exact) mass is 368 g/mol. The Balaban J connectivity index is 1.95. The number of hydrogen-bond donors (Lipinski definition) is 2. The molecule has 3 aromatic rings. The fraction of sp³-hybridized carbons (Fsp3) is 0.278. The van der Waals surface area contributed by atoms with E-state index in [2.05, 4.69) is 25.6 Å². The van der Waals surface area contributed by atoms with E-state index in [9.17, 15) is 10.1 Å². The topological polar surface area (TPSA) is 115 Å². The second kappa shape index (κ2) is 8.37. The van der Waals surface area contributed by atoms with Crippen molar-refractivity contribution in [3.63, 3.8) is 0 Å². The van der Waals surface area contributed by atoms with Crippen molar-refractivity contribution in [2.75, 3.05) is 30.9 Å². The number of nitrogens with one attached hydrogen (secondary N) is 2. The van der Waals surface area contributed by atoms with Crippen molar-refractivity contribution in [3.05, 3.63) is 52.5 Å². The van der Waals surface area contributed by atoms with Crippen LogP contribution in [0.25, 0.3) is 10.9 Å². The molecule has 0 aliphatic rings. The van der Waals surface area contributed by atoms with Crippen LogP contribution in [-0.2, 0) is 4.74 Å². The lowest BCUT2D eigenvalue weighted by molar-refractivity contribution is -0.383. The van der Waals surface area contributed by atoms with E-state index in [0.29, 0.717) is 25.3 Å². The Labute approximate surface area is 156 Å². The molecule has 3 rings (SSSR count). The van der Waals surface area contributed by atoms with Crippen LogP contribution in [0.1, 0.15) is 12.1 Å². The van der Waals surface area contributed by atoms with Crippen molar-refractivity contribution in [2.45, 2.75) is 13.3 Å².